The summed E-state index contributed by atoms with van der Waals surface area (Å²) in [5.41, 5.74) is -1.07. The third kappa shape index (κ3) is 4.90. The van der Waals surface area contributed by atoms with Crippen LogP contribution in [-0.4, -0.2) is 63.8 Å². The maximum absolute atomic E-state index is 12.7. The summed E-state index contributed by atoms with van der Waals surface area (Å²) in [6, 6.07) is 0. The molecule has 0 aromatic rings. The van der Waals surface area contributed by atoms with Gasteiger partial charge in [0, 0.05) is 6.42 Å². The number of fused-ring (bicyclic) bond motifs is 5. The molecule has 5 rings (SSSR count). The predicted molar refractivity (Wildman–Crippen MR) is 139 cm³/mol. The molecule has 1 amide bonds. The summed E-state index contributed by atoms with van der Waals surface area (Å²) in [5.74, 6) is 0.815. The first-order valence-corrected chi connectivity index (χ1v) is 16.1. The lowest BCUT2D eigenvalue weighted by Crippen LogP contribution is -2.62. The quantitative estimate of drug-likeness (QED) is 0.312. The average Bonchev–Trinajstić information content (AvgIpc) is 3.42. The van der Waals surface area contributed by atoms with E-state index in [1.54, 1.807) is 0 Å². The smallest absolute Gasteiger partial charge is 0.267 e. The molecule has 212 valence electrons. The van der Waals surface area contributed by atoms with E-state index in [0.29, 0.717) is 38.0 Å². The first-order valence-electron chi connectivity index (χ1n) is 14.5. The number of hydrogen-bond donors (Lipinski definition) is 5. The van der Waals surface area contributed by atoms with Gasteiger partial charge in [-0.2, -0.15) is 8.42 Å². The second-order valence-corrected chi connectivity index (χ2v) is 15.5. The van der Waals surface area contributed by atoms with Crippen molar-refractivity contribution in [2.24, 2.45) is 46.3 Å². The molecule has 0 saturated heterocycles. The van der Waals surface area contributed by atoms with Gasteiger partial charge in [-0.05, 0) is 111 Å². The van der Waals surface area contributed by atoms with Crippen molar-refractivity contribution in [2.45, 2.75) is 115 Å². The molecule has 0 radical (unpaired) electrons. The van der Waals surface area contributed by atoms with Crippen molar-refractivity contribution < 1.29 is 33.1 Å². The predicted octanol–water partition coefficient (Wildman–Crippen LogP) is 2.90. The zero-order valence-electron chi connectivity index (χ0n) is 22.6. The van der Waals surface area contributed by atoms with Gasteiger partial charge in [0.1, 0.15) is 0 Å². The van der Waals surface area contributed by atoms with Crippen molar-refractivity contribution in [2.75, 3.05) is 5.75 Å². The van der Waals surface area contributed by atoms with E-state index >= 15 is 0 Å². The normalized spacial score (nSPS) is 47.3. The van der Waals surface area contributed by atoms with Crippen LogP contribution in [0.2, 0.25) is 0 Å². The second-order valence-electron chi connectivity index (χ2n) is 14.1. The summed E-state index contributed by atoms with van der Waals surface area (Å²) >= 11 is 0. The van der Waals surface area contributed by atoms with Gasteiger partial charge in [0.2, 0.25) is 5.91 Å². The Bertz CT molecular complexity index is 998. The molecule has 5 aliphatic carbocycles. The van der Waals surface area contributed by atoms with E-state index in [-0.39, 0.29) is 52.4 Å². The largest absolute Gasteiger partial charge is 0.393 e. The van der Waals surface area contributed by atoms with E-state index in [4.69, 9.17) is 0 Å². The molecule has 0 aliphatic heterocycles. The molecule has 0 aromatic carbocycles. The van der Waals surface area contributed by atoms with Gasteiger partial charge in [-0.15, -0.1) is 0 Å². The number of carbonyl (C=O) groups is 1. The van der Waals surface area contributed by atoms with Crippen molar-refractivity contribution in [1.82, 2.24) is 5.32 Å². The second kappa shape index (κ2) is 9.43. The van der Waals surface area contributed by atoms with Gasteiger partial charge in [-0.1, -0.05) is 20.8 Å². The van der Waals surface area contributed by atoms with E-state index in [9.17, 15) is 33.1 Å². The first-order chi connectivity index (χ1) is 17.2. The summed E-state index contributed by atoms with van der Waals surface area (Å²) in [7, 11) is -4.14. The van der Waals surface area contributed by atoms with Crippen LogP contribution in [0.3, 0.4) is 0 Å². The lowest BCUT2D eigenvalue weighted by molar-refractivity contribution is -0.207. The molecular weight excluding hydrogens is 494 g/mol. The molecule has 5 fully saturated rings. The minimum atomic E-state index is -4.14. The molecule has 0 bridgehead atoms. The Morgan fingerprint density at radius 2 is 1.70 bits per heavy atom. The van der Waals surface area contributed by atoms with Crippen LogP contribution in [0.25, 0.3) is 0 Å². The molecule has 11 unspecified atom stereocenters. The van der Waals surface area contributed by atoms with Crippen LogP contribution in [0.5, 0.6) is 0 Å². The van der Waals surface area contributed by atoms with Crippen LogP contribution in [0, 0.1) is 46.3 Å². The van der Waals surface area contributed by atoms with E-state index < -0.39 is 33.6 Å². The highest BCUT2D eigenvalue weighted by Crippen LogP contribution is 2.68. The Balaban J connectivity index is 1.26. The SMILES string of the molecule is CC(CCC(=O)NC1(CS(=O)(=O)O)CC1)C1CCC2C3C(O)CC4CC(O)CCC4(C)C3CC(O)C12C. The molecule has 0 spiro atoms. The van der Waals surface area contributed by atoms with Crippen LogP contribution < -0.4 is 5.32 Å². The molecule has 9 heteroatoms. The summed E-state index contributed by atoms with van der Waals surface area (Å²) in [5, 5.41) is 36.2. The van der Waals surface area contributed by atoms with Gasteiger partial charge < -0.3 is 20.6 Å². The third-order valence-corrected chi connectivity index (χ3v) is 13.0. The highest BCUT2D eigenvalue weighted by atomic mass is 32.2. The molecule has 11 atom stereocenters. The number of amides is 1. The van der Waals surface area contributed by atoms with Gasteiger partial charge in [0.05, 0.1) is 29.6 Å². The van der Waals surface area contributed by atoms with Crippen molar-refractivity contribution in [3.63, 3.8) is 0 Å². The molecule has 5 N–H and O–H groups in total. The highest BCUT2D eigenvalue weighted by molar-refractivity contribution is 7.85. The summed E-state index contributed by atoms with van der Waals surface area (Å²) in [6.07, 6.45) is 6.83. The standard InChI is InChI=1S/C28H47NO7S/c1-16(4-7-24(33)29-28(10-11-28)15-37(34,35)36)19-5-6-20-25-21(14-23(32)27(19,20)3)26(2)9-8-18(30)12-17(26)13-22(25)31/h16-23,25,30-32H,4-15H2,1-3H3,(H,29,33)(H,34,35,36). The van der Waals surface area contributed by atoms with Crippen molar-refractivity contribution >= 4 is 16.0 Å². The van der Waals surface area contributed by atoms with Gasteiger partial charge >= 0.3 is 0 Å². The van der Waals surface area contributed by atoms with Crippen molar-refractivity contribution in [3.05, 3.63) is 0 Å². The number of aliphatic hydroxyl groups is 3. The zero-order chi connectivity index (χ0) is 27.0. The summed E-state index contributed by atoms with van der Waals surface area (Å²) in [4.78, 5) is 12.7. The van der Waals surface area contributed by atoms with Gasteiger partial charge in [-0.25, -0.2) is 0 Å². The van der Waals surface area contributed by atoms with Crippen LogP contribution in [0.4, 0.5) is 0 Å². The van der Waals surface area contributed by atoms with Crippen LogP contribution >= 0.6 is 0 Å². The fourth-order valence-electron chi connectivity index (χ4n) is 9.86. The topological polar surface area (TPSA) is 144 Å². The van der Waals surface area contributed by atoms with E-state index in [1.807, 2.05) is 0 Å². The lowest BCUT2D eigenvalue weighted by Gasteiger charge is -2.63. The maximum Gasteiger partial charge on any atom is 0.267 e. The first kappa shape index (κ1) is 27.8. The number of hydrogen-bond acceptors (Lipinski definition) is 6. The Morgan fingerprint density at radius 1 is 1.00 bits per heavy atom. The Kier molecular flexibility index (Phi) is 7.09. The van der Waals surface area contributed by atoms with E-state index in [1.165, 1.54) is 0 Å². The molecule has 0 heterocycles. The number of carbonyl (C=O) groups excluding carboxylic acids is 1. The summed E-state index contributed by atoms with van der Waals surface area (Å²) < 4.78 is 31.8. The molecule has 37 heavy (non-hydrogen) atoms. The van der Waals surface area contributed by atoms with Gasteiger partial charge in [0.25, 0.3) is 10.1 Å². The number of rotatable bonds is 7. The lowest BCUT2D eigenvalue weighted by atomic mass is 9.43. The Morgan fingerprint density at radius 3 is 2.35 bits per heavy atom. The van der Waals surface area contributed by atoms with Gasteiger partial charge in [0.15, 0.2) is 0 Å². The van der Waals surface area contributed by atoms with Crippen LogP contribution in [-0.2, 0) is 14.9 Å². The average molecular weight is 542 g/mol. The maximum atomic E-state index is 12.7. The number of nitrogens with one attached hydrogen (secondary N) is 1. The highest BCUT2D eigenvalue weighted by Gasteiger charge is 2.65. The Hall–Kier alpha value is -0.740. The van der Waals surface area contributed by atoms with Crippen LogP contribution in [0.1, 0.15) is 91.4 Å². The Labute approximate surface area is 221 Å². The molecule has 0 aromatic heterocycles. The fourth-order valence-corrected chi connectivity index (χ4v) is 10.9. The van der Waals surface area contributed by atoms with Crippen molar-refractivity contribution in [3.8, 4) is 0 Å². The molecule has 5 saturated carbocycles. The van der Waals surface area contributed by atoms with E-state index in [0.717, 1.165) is 38.5 Å². The van der Waals surface area contributed by atoms with Crippen LogP contribution in [0.15, 0.2) is 0 Å². The summed E-state index contributed by atoms with van der Waals surface area (Å²) in [6.45, 7) is 6.71. The number of aliphatic hydroxyl groups excluding tert-OH is 3. The molecular formula is C28H47NO7S. The fraction of sp³-hybridized carbons (Fsp3) is 0.964. The minimum absolute atomic E-state index is 0.0496. The third-order valence-electron chi connectivity index (χ3n) is 12.1. The van der Waals surface area contributed by atoms with Gasteiger partial charge in [-0.3, -0.25) is 9.35 Å². The van der Waals surface area contributed by atoms with Crippen molar-refractivity contribution in [1.29, 1.82) is 0 Å². The monoisotopic (exact) mass is 541 g/mol. The minimum Gasteiger partial charge on any atom is -0.393 e. The molecule has 8 nitrogen and oxygen atoms in total. The van der Waals surface area contributed by atoms with E-state index in [2.05, 4.69) is 26.1 Å². The zero-order valence-corrected chi connectivity index (χ0v) is 23.4. The molecule has 5 aliphatic rings.